The molecule has 0 amide bonds. The molecule has 1 radical (unpaired) electrons. The third-order valence-corrected chi connectivity index (χ3v) is 0.846. The molecule has 1 fully saturated rings. The summed E-state index contributed by atoms with van der Waals surface area (Å²) in [5.74, 6) is 0. The van der Waals surface area contributed by atoms with Gasteiger partial charge in [0.05, 0.1) is 13.2 Å². The molecule has 0 saturated carbocycles. The maximum absolute atomic E-state index is 5.01. The first-order valence-electron chi connectivity index (χ1n) is 2.28. The zero-order valence-electron chi connectivity index (χ0n) is 4.04. The van der Waals surface area contributed by atoms with E-state index in [1.54, 1.807) is 0 Å². The topological polar surface area (TPSA) is 21.3 Å². The fourth-order valence-electron chi connectivity index (χ4n) is 0.516. The van der Waals surface area contributed by atoms with Crippen LogP contribution >= 0.6 is 0 Å². The van der Waals surface area contributed by atoms with Crippen LogP contribution in [0, 0.1) is 0 Å². The zero-order valence-corrected chi connectivity index (χ0v) is 4.98. The van der Waals surface area contributed by atoms with Gasteiger partial charge in [-0.3, -0.25) is 0 Å². The summed E-state index contributed by atoms with van der Waals surface area (Å²) in [6, 6.07) is 0. The van der Waals surface area contributed by atoms with Crippen molar-refractivity contribution in [1.82, 2.24) is 5.32 Å². The van der Waals surface area contributed by atoms with Crippen molar-refractivity contribution in [2.45, 2.75) is 0 Å². The Morgan fingerprint density at radius 3 is 1.86 bits per heavy atom. The number of morpholine rings is 1. The molecule has 1 rings (SSSR count). The molecule has 47 valence electrons. The van der Waals surface area contributed by atoms with Crippen molar-refractivity contribution in [3.05, 3.63) is 0 Å². The Bertz CT molecular complexity index is 27.2. The van der Waals surface area contributed by atoms with Gasteiger partial charge in [0.1, 0.15) is 0 Å². The van der Waals surface area contributed by atoms with E-state index in [0.717, 1.165) is 26.3 Å². The van der Waals surface area contributed by atoms with Crippen LogP contribution in [0.1, 0.15) is 0 Å². The van der Waals surface area contributed by atoms with Gasteiger partial charge in [-0.05, 0) is 0 Å². The van der Waals surface area contributed by atoms with Crippen LogP contribution < -0.4 is 5.32 Å². The maximum atomic E-state index is 5.01. The summed E-state index contributed by atoms with van der Waals surface area (Å²) < 4.78 is 5.01. The average molecular weight is 151 g/mol. The molecule has 1 aliphatic rings. The summed E-state index contributed by atoms with van der Waals surface area (Å²) in [4.78, 5) is 0. The van der Waals surface area contributed by atoms with Gasteiger partial charge in [0.2, 0.25) is 0 Å². The van der Waals surface area contributed by atoms with Gasteiger partial charge in [-0.2, -0.15) is 0 Å². The molecule has 0 unspecified atom stereocenters. The van der Waals surface area contributed by atoms with Crippen LogP contribution in [-0.4, -0.2) is 26.3 Å². The van der Waals surface area contributed by atoms with Crippen molar-refractivity contribution < 1.29 is 21.8 Å². The van der Waals surface area contributed by atoms with Crippen LogP contribution in [0.3, 0.4) is 0 Å². The molecule has 1 saturated heterocycles. The first-order valence-corrected chi connectivity index (χ1v) is 2.28. The van der Waals surface area contributed by atoms with Crippen LogP contribution in [0.25, 0.3) is 0 Å². The second kappa shape index (κ2) is 4.59. The Labute approximate surface area is 54.1 Å². The van der Waals surface area contributed by atoms with Gasteiger partial charge in [0.15, 0.2) is 0 Å². The van der Waals surface area contributed by atoms with Gasteiger partial charge in [-0.1, -0.05) is 0 Å². The summed E-state index contributed by atoms with van der Waals surface area (Å²) >= 11 is 0. The number of hydrogen-bond acceptors (Lipinski definition) is 2. The Morgan fingerprint density at radius 2 is 1.71 bits per heavy atom. The predicted molar refractivity (Wildman–Crippen MR) is 23.7 cm³/mol. The summed E-state index contributed by atoms with van der Waals surface area (Å²) in [6.07, 6.45) is 0. The van der Waals surface area contributed by atoms with E-state index < -0.39 is 0 Å². The van der Waals surface area contributed by atoms with Crippen molar-refractivity contribution >= 4 is 0 Å². The minimum atomic E-state index is 0. The molecule has 2 nitrogen and oxygen atoms in total. The van der Waals surface area contributed by atoms with E-state index in [4.69, 9.17) is 4.74 Å². The predicted octanol–water partition coefficient (Wildman–Crippen LogP) is -0.396. The van der Waals surface area contributed by atoms with E-state index >= 15 is 0 Å². The van der Waals surface area contributed by atoms with E-state index in [2.05, 4.69) is 5.32 Å². The molecule has 7 heavy (non-hydrogen) atoms. The Morgan fingerprint density at radius 1 is 1.14 bits per heavy atom. The molecule has 3 heteroatoms. The number of rotatable bonds is 0. The van der Waals surface area contributed by atoms with Crippen molar-refractivity contribution in [1.29, 1.82) is 0 Å². The monoisotopic (exact) mass is 150 g/mol. The van der Waals surface area contributed by atoms with Crippen LogP contribution in [0.15, 0.2) is 0 Å². The maximum Gasteiger partial charge on any atom is 0.0591 e. The van der Waals surface area contributed by atoms with Gasteiger partial charge in [0.25, 0.3) is 0 Å². The van der Waals surface area contributed by atoms with Crippen molar-refractivity contribution in [3.63, 3.8) is 0 Å². The average Bonchev–Trinajstić information content (AvgIpc) is 1.72. The molecule has 0 aromatic rings. The summed E-state index contributed by atoms with van der Waals surface area (Å²) in [7, 11) is 0. The third-order valence-electron chi connectivity index (χ3n) is 0.846. The molecule has 0 aromatic heterocycles. The fraction of sp³-hybridized carbons (Fsp3) is 1.00. The second-order valence-corrected chi connectivity index (χ2v) is 1.36. The Hall–Kier alpha value is 0.439. The summed E-state index contributed by atoms with van der Waals surface area (Å²) in [6.45, 7) is 3.83. The second-order valence-electron chi connectivity index (χ2n) is 1.36. The largest absolute Gasteiger partial charge is 0.379 e. The minimum absolute atomic E-state index is 0. The van der Waals surface area contributed by atoms with E-state index in [1.807, 2.05) is 0 Å². The first-order chi connectivity index (χ1) is 3.00. The minimum Gasteiger partial charge on any atom is -0.379 e. The molecule has 1 aliphatic heterocycles. The number of ether oxygens (including phenoxy) is 1. The van der Waals surface area contributed by atoms with Gasteiger partial charge in [0, 0.05) is 30.2 Å². The summed E-state index contributed by atoms with van der Waals surface area (Å²) in [5.41, 5.74) is 0. The van der Waals surface area contributed by atoms with Gasteiger partial charge >= 0.3 is 0 Å². The molecule has 0 bridgehead atoms. The molecular weight excluding hydrogens is 142 g/mol. The van der Waals surface area contributed by atoms with E-state index in [0.29, 0.717) is 0 Å². The van der Waals surface area contributed by atoms with Crippen LogP contribution in [-0.2, 0) is 21.8 Å². The first kappa shape index (κ1) is 7.44. The molecule has 0 atom stereocenters. The van der Waals surface area contributed by atoms with Crippen LogP contribution in [0.2, 0.25) is 0 Å². The standard InChI is InChI=1S/C4H9NO.Cu/c1-3-6-4-2-5-1;/h5H,1-4H2;. The normalized spacial score (nSPS) is 20.6. The van der Waals surface area contributed by atoms with Crippen molar-refractivity contribution in [2.24, 2.45) is 0 Å². The molecule has 1 N–H and O–H groups in total. The van der Waals surface area contributed by atoms with Crippen LogP contribution in [0.5, 0.6) is 0 Å². The fourth-order valence-corrected chi connectivity index (χ4v) is 0.516. The van der Waals surface area contributed by atoms with Gasteiger partial charge in [-0.25, -0.2) is 0 Å². The van der Waals surface area contributed by atoms with Gasteiger partial charge < -0.3 is 10.1 Å². The molecule has 0 aliphatic carbocycles. The number of nitrogens with one attached hydrogen (secondary N) is 1. The molecule has 0 spiro atoms. The zero-order chi connectivity index (χ0) is 4.24. The van der Waals surface area contributed by atoms with E-state index in [-0.39, 0.29) is 17.1 Å². The third kappa shape index (κ3) is 3.06. The summed E-state index contributed by atoms with van der Waals surface area (Å²) in [5, 5.41) is 3.16. The van der Waals surface area contributed by atoms with E-state index in [9.17, 15) is 0 Å². The smallest absolute Gasteiger partial charge is 0.0591 e. The quantitative estimate of drug-likeness (QED) is 0.475. The van der Waals surface area contributed by atoms with E-state index in [1.165, 1.54) is 0 Å². The SMILES string of the molecule is C1COCCN1.[Cu]. The van der Waals surface area contributed by atoms with Crippen molar-refractivity contribution in [3.8, 4) is 0 Å². The van der Waals surface area contributed by atoms with Crippen LogP contribution in [0.4, 0.5) is 0 Å². The number of hydrogen-bond donors (Lipinski definition) is 1. The molecule has 0 aromatic carbocycles. The molecular formula is C4H9CuNO. The Kier molecular flexibility index (Phi) is 4.88. The Balaban J connectivity index is 0.000000360. The molecule has 1 heterocycles. The van der Waals surface area contributed by atoms with Gasteiger partial charge in [-0.15, -0.1) is 0 Å². The van der Waals surface area contributed by atoms with Crippen molar-refractivity contribution in [2.75, 3.05) is 26.3 Å².